The van der Waals surface area contributed by atoms with Crippen LogP contribution in [0.15, 0.2) is 24.3 Å². The summed E-state index contributed by atoms with van der Waals surface area (Å²) in [4.78, 5) is 8.93. The molecule has 1 aromatic heterocycles. The van der Waals surface area contributed by atoms with E-state index in [0.717, 1.165) is 36.2 Å². The van der Waals surface area contributed by atoms with Crippen LogP contribution in [0.3, 0.4) is 0 Å². The van der Waals surface area contributed by atoms with Crippen molar-refractivity contribution >= 4 is 16.7 Å². The highest BCUT2D eigenvalue weighted by molar-refractivity contribution is 5.87. The highest BCUT2D eigenvalue weighted by atomic mass is 15.1. The third-order valence-electron chi connectivity index (χ3n) is 3.72. The molecule has 0 aliphatic carbocycles. The molecule has 1 atom stereocenters. The summed E-state index contributed by atoms with van der Waals surface area (Å²) in [6, 6.07) is 7.83. The summed E-state index contributed by atoms with van der Waals surface area (Å²) >= 11 is 0. The largest absolute Gasteiger partial charge is 0.383 e. The first-order valence-corrected chi connectivity index (χ1v) is 6.63. The van der Waals surface area contributed by atoms with Gasteiger partial charge in [-0.05, 0) is 32.0 Å². The summed E-state index contributed by atoms with van der Waals surface area (Å²) in [7, 11) is 0. The fraction of sp³-hybridized carbons (Fsp3) is 0.429. The van der Waals surface area contributed by atoms with E-state index >= 15 is 0 Å². The van der Waals surface area contributed by atoms with Crippen LogP contribution in [0.2, 0.25) is 0 Å². The Morgan fingerprint density at radius 3 is 3.00 bits per heavy atom. The summed E-state index contributed by atoms with van der Waals surface area (Å²) in [5.74, 6) is 1.31. The molecule has 5 heteroatoms. The number of hydrogen-bond donors (Lipinski definition) is 3. The topological polar surface area (TPSA) is 75.9 Å². The van der Waals surface area contributed by atoms with Gasteiger partial charge in [-0.2, -0.15) is 0 Å². The standard InChI is InChI=1S/C14H19N5/c1-14(6-7-16-9-14)17-8-12-18-11-5-3-2-4-10(11)13(15)19-12/h2-5,16-17H,6-9H2,1H3,(H2,15,18,19). The first kappa shape index (κ1) is 12.3. The van der Waals surface area contributed by atoms with Gasteiger partial charge in [0.25, 0.3) is 0 Å². The molecule has 0 spiro atoms. The zero-order chi connectivity index (χ0) is 13.3. The Bertz CT molecular complexity index is 589. The predicted molar refractivity (Wildman–Crippen MR) is 76.7 cm³/mol. The van der Waals surface area contributed by atoms with Gasteiger partial charge in [-0.3, -0.25) is 0 Å². The van der Waals surface area contributed by atoms with Crippen molar-refractivity contribution in [2.24, 2.45) is 0 Å². The molecule has 19 heavy (non-hydrogen) atoms. The average molecular weight is 257 g/mol. The normalized spacial score (nSPS) is 23.0. The molecule has 1 aromatic carbocycles. The van der Waals surface area contributed by atoms with E-state index in [1.807, 2.05) is 24.3 Å². The van der Waals surface area contributed by atoms with Crippen molar-refractivity contribution < 1.29 is 0 Å². The number of nitrogen functional groups attached to an aromatic ring is 1. The molecule has 1 aliphatic heterocycles. The van der Waals surface area contributed by atoms with Crippen molar-refractivity contribution in [3.63, 3.8) is 0 Å². The number of rotatable bonds is 3. The molecule has 0 amide bonds. The lowest BCUT2D eigenvalue weighted by atomic mass is 10.0. The Balaban J connectivity index is 1.81. The van der Waals surface area contributed by atoms with Gasteiger partial charge in [0.05, 0.1) is 12.1 Å². The second kappa shape index (κ2) is 4.75. The van der Waals surface area contributed by atoms with E-state index in [1.165, 1.54) is 0 Å². The smallest absolute Gasteiger partial charge is 0.145 e. The fourth-order valence-corrected chi connectivity index (χ4v) is 2.49. The van der Waals surface area contributed by atoms with Crippen molar-refractivity contribution in [1.82, 2.24) is 20.6 Å². The molecule has 5 nitrogen and oxygen atoms in total. The van der Waals surface area contributed by atoms with Gasteiger partial charge in [-0.15, -0.1) is 0 Å². The van der Waals surface area contributed by atoms with E-state index in [0.29, 0.717) is 12.4 Å². The van der Waals surface area contributed by atoms with Crippen LogP contribution in [0, 0.1) is 0 Å². The minimum atomic E-state index is 0.129. The van der Waals surface area contributed by atoms with Crippen LogP contribution in [-0.2, 0) is 6.54 Å². The zero-order valence-corrected chi connectivity index (χ0v) is 11.1. The van der Waals surface area contributed by atoms with Crippen molar-refractivity contribution in [1.29, 1.82) is 0 Å². The summed E-state index contributed by atoms with van der Waals surface area (Å²) in [5, 5.41) is 7.80. The molecule has 1 aliphatic rings. The second-order valence-electron chi connectivity index (χ2n) is 5.38. The predicted octanol–water partition coefficient (Wildman–Crippen LogP) is 1.05. The van der Waals surface area contributed by atoms with E-state index in [2.05, 4.69) is 27.5 Å². The lowest BCUT2D eigenvalue weighted by Gasteiger charge is -2.24. The van der Waals surface area contributed by atoms with Crippen molar-refractivity contribution in [2.75, 3.05) is 18.8 Å². The number of nitrogens with one attached hydrogen (secondary N) is 2. The second-order valence-corrected chi connectivity index (χ2v) is 5.38. The molecule has 2 aromatic rings. The lowest BCUT2D eigenvalue weighted by Crippen LogP contribution is -2.43. The van der Waals surface area contributed by atoms with Gasteiger partial charge in [0.15, 0.2) is 0 Å². The zero-order valence-electron chi connectivity index (χ0n) is 11.1. The number of aromatic nitrogens is 2. The Hall–Kier alpha value is -1.72. The van der Waals surface area contributed by atoms with E-state index in [4.69, 9.17) is 5.73 Å². The number of fused-ring (bicyclic) bond motifs is 1. The molecule has 0 radical (unpaired) electrons. The molecule has 3 rings (SSSR count). The van der Waals surface area contributed by atoms with Gasteiger partial charge in [0, 0.05) is 17.5 Å². The van der Waals surface area contributed by atoms with Crippen LogP contribution in [0.1, 0.15) is 19.2 Å². The van der Waals surface area contributed by atoms with E-state index in [9.17, 15) is 0 Å². The maximum absolute atomic E-state index is 5.98. The van der Waals surface area contributed by atoms with Crippen molar-refractivity contribution in [2.45, 2.75) is 25.4 Å². The number of nitrogens with two attached hydrogens (primary N) is 1. The van der Waals surface area contributed by atoms with Crippen LogP contribution in [0.5, 0.6) is 0 Å². The summed E-state index contributed by atoms with van der Waals surface area (Å²) in [6.45, 7) is 4.91. The molecule has 2 heterocycles. The minimum absolute atomic E-state index is 0.129. The summed E-state index contributed by atoms with van der Waals surface area (Å²) < 4.78 is 0. The molecular formula is C14H19N5. The Kier molecular flexibility index (Phi) is 3.08. The molecule has 0 saturated carbocycles. The molecule has 100 valence electrons. The van der Waals surface area contributed by atoms with Gasteiger partial charge in [-0.25, -0.2) is 9.97 Å². The first-order chi connectivity index (χ1) is 9.16. The third kappa shape index (κ3) is 2.52. The highest BCUT2D eigenvalue weighted by Gasteiger charge is 2.27. The van der Waals surface area contributed by atoms with Crippen LogP contribution in [0.4, 0.5) is 5.82 Å². The summed E-state index contributed by atoms with van der Waals surface area (Å²) in [6.07, 6.45) is 1.12. The molecular weight excluding hydrogens is 238 g/mol. The fourth-order valence-electron chi connectivity index (χ4n) is 2.49. The van der Waals surface area contributed by atoms with Gasteiger partial charge < -0.3 is 16.4 Å². The van der Waals surface area contributed by atoms with Gasteiger partial charge >= 0.3 is 0 Å². The lowest BCUT2D eigenvalue weighted by molar-refractivity contribution is 0.381. The Labute approximate surface area is 112 Å². The van der Waals surface area contributed by atoms with Crippen LogP contribution < -0.4 is 16.4 Å². The van der Waals surface area contributed by atoms with E-state index in [-0.39, 0.29) is 5.54 Å². The molecule has 1 fully saturated rings. The number of para-hydroxylation sites is 1. The van der Waals surface area contributed by atoms with Gasteiger partial charge in [-0.1, -0.05) is 12.1 Å². The number of nitrogens with zero attached hydrogens (tertiary/aromatic N) is 2. The van der Waals surface area contributed by atoms with Crippen LogP contribution in [0.25, 0.3) is 10.9 Å². The summed E-state index contributed by atoms with van der Waals surface area (Å²) in [5.41, 5.74) is 7.02. The molecule has 0 bridgehead atoms. The van der Waals surface area contributed by atoms with Crippen LogP contribution >= 0.6 is 0 Å². The quantitative estimate of drug-likeness (QED) is 0.766. The number of anilines is 1. The van der Waals surface area contributed by atoms with Crippen molar-refractivity contribution in [3.8, 4) is 0 Å². The molecule has 1 unspecified atom stereocenters. The SMILES string of the molecule is CC1(NCc2nc(N)c3ccccc3n2)CCNC1. The maximum atomic E-state index is 5.98. The average Bonchev–Trinajstić information content (AvgIpc) is 2.84. The van der Waals surface area contributed by atoms with Crippen molar-refractivity contribution in [3.05, 3.63) is 30.1 Å². The van der Waals surface area contributed by atoms with E-state index < -0.39 is 0 Å². The first-order valence-electron chi connectivity index (χ1n) is 6.63. The van der Waals surface area contributed by atoms with Gasteiger partial charge in [0.1, 0.15) is 11.6 Å². The third-order valence-corrected chi connectivity index (χ3v) is 3.72. The minimum Gasteiger partial charge on any atom is -0.383 e. The Morgan fingerprint density at radius 1 is 1.37 bits per heavy atom. The highest BCUT2D eigenvalue weighted by Crippen LogP contribution is 2.18. The maximum Gasteiger partial charge on any atom is 0.145 e. The van der Waals surface area contributed by atoms with Gasteiger partial charge in [0.2, 0.25) is 0 Å². The number of hydrogen-bond acceptors (Lipinski definition) is 5. The van der Waals surface area contributed by atoms with Crippen LogP contribution in [-0.4, -0.2) is 28.6 Å². The number of benzene rings is 1. The molecule has 4 N–H and O–H groups in total. The van der Waals surface area contributed by atoms with E-state index in [1.54, 1.807) is 0 Å². The molecule has 1 saturated heterocycles. The monoisotopic (exact) mass is 257 g/mol. The Morgan fingerprint density at radius 2 is 2.21 bits per heavy atom.